The highest BCUT2D eigenvalue weighted by Gasteiger charge is 2.37. The normalized spacial score (nSPS) is 12.8. The average molecular weight is 585 g/mol. The van der Waals surface area contributed by atoms with Gasteiger partial charge in [0.2, 0.25) is 15.0 Å². The van der Waals surface area contributed by atoms with E-state index in [9.17, 15) is 36.0 Å². The van der Waals surface area contributed by atoms with E-state index in [1.54, 1.807) is 0 Å². The van der Waals surface area contributed by atoms with Crippen molar-refractivity contribution in [3.63, 3.8) is 0 Å². The molecule has 0 aliphatic rings. The van der Waals surface area contributed by atoms with Crippen LogP contribution in [0.4, 0.5) is 28.4 Å². The topological polar surface area (TPSA) is 138 Å². The van der Waals surface area contributed by atoms with Crippen LogP contribution >= 0.6 is 0 Å². The molecule has 0 unspecified atom stereocenters. The fraction of sp³-hybridized carbons (Fsp3) is 0.400. The Morgan fingerprint density at radius 2 is 1.48 bits per heavy atom. The van der Waals surface area contributed by atoms with Crippen LogP contribution in [-0.2, 0) is 25.5 Å². The number of hydrogen-bond acceptors (Lipinski definition) is 9. The van der Waals surface area contributed by atoms with Crippen LogP contribution < -0.4 is 10.5 Å². The first-order valence-corrected chi connectivity index (χ1v) is 13.5. The lowest BCUT2D eigenvalue weighted by atomic mass is 10.1. The Kier molecular flexibility index (Phi) is 7.78. The van der Waals surface area contributed by atoms with E-state index < -0.39 is 72.7 Å². The lowest BCUT2D eigenvalue weighted by Gasteiger charge is -2.29. The molecule has 15 heteroatoms. The minimum absolute atomic E-state index is 0.319. The molecule has 3 aromatic rings. The van der Waals surface area contributed by atoms with Crippen LogP contribution in [0.15, 0.2) is 46.5 Å². The van der Waals surface area contributed by atoms with Crippen molar-refractivity contribution in [1.29, 1.82) is 0 Å². The zero-order valence-corrected chi connectivity index (χ0v) is 23.5. The number of halogens is 3. The number of fused-ring (bicyclic) bond motifs is 1. The third kappa shape index (κ3) is 6.76. The summed E-state index contributed by atoms with van der Waals surface area (Å²) < 4.78 is 77.3. The molecule has 11 nitrogen and oxygen atoms in total. The quantitative estimate of drug-likeness (QED) is 0.394. The number of nitrogens with zero attached hydrogens (tertiary/aromatic N) is 4. The lowest BCUT2D eigenvalue weighted by molar-refractivity contribution is -0.137. The molecule has 0 saturated heterocycles. The van der Waals surface area contributed by atoms with E-state index in [4.69, 9.17) is 9.47 Å². The Morgan fingerprint density at radius 1 is 0.950 bits per heavy atom. The summed E-state index contributed by atoms with van der Waals surface area (Å²) in [4.78, 5) is 47.9. The molecule has 2 aromatic heterocycles. The molecule has 0 spiro atoms. The van der Waals surface area contributed by atoms with E-state index in [2.05, 4.69) is 9.97 Å². The minimum atomic E-state index is -4.91. The second kappa shape index (κ2) is 10.2. The highest BCUT2D eigenvalue weighted by Crippen LogP contribution is 2.35. The highest BCUT2D eigenvalue weighted by molar-refractivity contribution is 7.90. The maximum Gasteiger partial charge on any atom is 0.424 e. The number of alkyl halides is 3. The van der Waals surface area contributed by atoms with Crippen LogP contribution in [0.1, 0.15) is 47.1 Å². The molecule has 0 fully saturated rings. The van der Waals surface area contributed by atoms with Gasteiger partial charge in [0.1, 0.15) is 11.2 Å². The standard InChI is InChI=1S/C25H27F3N4O7S/c1-23(2,3)38-21(34)32(22(35)39-24(4,5)6)17-12-18(33)31(16-11-9-8-10-15(16)25(26,27)28)19-14(17)13-29-20(30-19)40(7,36)37/h8-13H,1-7H3. The number of sulfone groups is 1. The first-order valence-electron chi connectivity index (χ1n) is 11.7. The summed E-state index contributed by atoms with van der Waals surface area (Å²) in [6.45, 7) is 9.11. The number of imide groups is 1. The molecule has 0 radical (unpaired) electrons. The number of rotatable bonds is 3. The molecule has 0 aliphatic carbocycles. The second-order valence-electron chi connectivity index (χ2n) is 10.7. The van der Waals surface area contributed by atoms with Crippen molar-refractivity contribution < 1.29 is 40.7 Å². The predicted molar refractivity (Wildman–Crippen MR) is 138 cm³/mol. The number of amides is 2. The summed E-state index contributed by atoms with van der Waals surface area (Å²) in [6.07, 6.45) is -5.82. The molecule has 0 saturated carbocycles. The van der Waals surface area contributed by atoms with Gasteiger partial charge in [-0.25, -0.2) is 23.0 Å². The van der Waals surface area contributed by atoms with Gasteiger partial charge in [-0.05, 0) is 53.7 Å². The number of hydrogen-bond donors (Lipinski definition) is 0. The van der Waals surface area contributed by atoms with Crippen LogP contribution in [0, 0.1) is 0 Å². The monoisotopic (exact) mass is 584 g/mol. The van der Waals surface area contributed by atoms with Gasteiger partial charge < -0.3 is 9.47 Å². The number of carbonyl (C=O) groups excluding carboxylic acids is 2. The van der Waals surface area contributed by atoms with Crippen molar-refractivity contribution >= 4 is 38.7 Å². The first kappa shape index (κ1) is 30.5. The zero-order chi connectivity index (χ0) is 30.4. The van der Waals surface area contributed by atoms with Crippen molar-refractivity contribution in [1.82, 2.24) is 14.5 Å². The van der Waals surface area contributed by atoms with Gasteiger partial charge in [0.25, 0.3) is 5.56 Å². The van der Waals surface area contributed by atoms with Crippen molar-refractivity contribution in [2.75, 3.05) is 11.2 Å². The van der Waals surface area contributed by atoms with E-state index in [1.807, 2.05) is 0 Å². The van der Waals surface area contributed by atoms with E-state index >= 15 is 0 Å². The molecule has 0 N–H and O–H groups in total. The number of pyridine rings is 1. The summed E-state index contributed by atoms with van der Waals surface area (Å²) in [5.74, 6) is 0. The molecular formula is C25H27F3N4O7S. The van der Waals surface area contributed by atoms with Gasteiger partial charge in [0, 0.05) is 18.5 Å². The van der Waals surface area contributed by atoms with Crippen LogP contribution in [0.2, 0.25) is 0 Å². The van der Waals surface area contributed by atoms with Crippen molar-refractivity contribution in [2.24, 2.45) is 0 Å². The fourth-order valence-corrected chi connectivity index (χ4v) is 3.96. The molecular weight excluding hydrogens is 557 g/mol. The van der Waals surface area contributed by atoms with Crippen LogP contribution in [0.25, 0.3) is 16.7 Å². The van der Waals surface area contributed by atoms with Gasteiger partial charge >= 0.3 is 18.4 Å². The van der Waals surface area contributed by atoms with Gasteiger partial charge in [0.15, 0.2) is 5.65 Å². The second-order valence-corrected chi connectivity index (χ2v) is 12.6. The third-order valence-electron chi connectivity index (χ3n) is 4.89. The zero-order valence-electron chi connectivity index (χ0n) is 22.7. The Hall–Kier alpha value is -4.01. The van der Waals surface area contributed by atoms with Crippen LogP contribution in [0.5, 0.6) is 0 Å². The molecule has 40 heavy (non-hydrogen) atoms. The summed E-state index contributed by atoms with van der Waals surface area (Å²) in [7, 11) is -4.12. The summed E-state index contributed by atoms with van der Waals surface area (Å²) >= 11 is 0. The van der Waals surface area contributed by atoms with Gasteiger partial charge in [-0.15, -0.1) is 0 Å². The third-order valence-corrected chi connectivity index (χ3v) is 5.75. The Balaban J connectivity index is 2.49. The molecule has 3 rings (SSSR count). The van der Waals surface area contributed by atoms with E-state index in [0.717, 1.165) is 30.7 Å². The van der Waals surface area contributed by atoms with Crippen LogP contribution in [0.3, 0.4) is 0 Å². The average Bonchev–Trinajstić information content (AvgIpc) is 2.75. The molecule has 0 aliphatic heterocycles. The predicted octanol–water partition coefficient (Wildman–Crippen LogP) is 4.88. The van der Waals surface area contributed by atoms with Crippen molar-refractivity contribution in [3.8, 4) is 5.69 Å². The molecule has 0 atom stereocenters. The summed E-state index contributed by atoms with van der Waals surface area (Å²) in [5, 5.41) is -1.13. The highest BCUT2D eigenvalue weighted by atomic mass is 32.2. The largest absolute Gasteiger partial charge is 0.443 e. The van der Waals surface area contributed by atoms with Crippen molar-refractivity contribution in [2.45, 2.75) is 64.1 Å². The molecule has 2 amide bonds. The van der Waals surface area contributed by atoms with E-state index in [0.29, 0.717) is 15.5 Å². The number of ether oxygens (including phenoxy) is 2. The number of para-hydroxylation sites is 1. The summed E-state index contributed by atoms with van der Waals surface area (Å²) in [5.41, 5.74) is -6.41. The fourth-order valence-electron chi connectivity index (χ4n) is 3.46. The number of carbonyl (C=O) groups is 2. The number of aromatic nitrogens is 3. The van der Waals surface area contributed by atoms with Gasteiger partial charge in [-0.1, -0.05) is 12.1 Å². The Labute approximate surface area is 227 Å². The van der Waals surface area contributed by atoms with E-state index in [-0.39, 0.29) is 5.39 Å². The van der Waals surface area contributed by atoms with E-state index in [1.165, 1.54) is 47.6 Å². The Bertz CT molecular complexity index is 1630. The van der Waals surface area contributed by atoms with Crippen LogP contribution in [-0.4, -0.2) is 52.6 Å². The number of anilines is 1. The minimum Gasteiger partial charge on any atom is -0.443 e. The van der Waals surface area contributed by atoms with Gasteiger partial charge in [-0.3, -0.25) is 9.36 Å². The summed E-state index contributed by atoms with van der Waals surface area (Å²) in [6, 6.07) is 4.78. The molecule has 2 heterocycles. The SMILES string of the molecule is CC(C)(C)OC(=O)N(C(=O)OC(C)(C)C)c1cc(=O)n(-c2ccccc2C(F)(F)F)c2nc(S(C)(=O)=O)ncc12. The molecule has 216 valence electrons. The number of benzene rings is 1. The smallest absolute Gasteiger partial charge is 0.424 e. The van der Waals surface area contributed by atoms with Crippen molar-refractivity contribution in [3.05, 3.63) is 52.4 Å². The lowest BCUT2D eigenvalue weighted by Crippen LogP contribution is -2.44. The molecule has 0 bridgehead atoms. The Morgan fingerprint density at radius 3 is 1.95 bits per heavy atom. The maximum absolute atomic E-state index is 13.9. The van der Waals surface area contributed by atoms with Gasteiger partial charge in [-0.2, -0.15) is 23.1 Å². The maximum atomic E-state index is 13.9. The first-order chi connectivity index (χ1) is 18.1. The van der Waals surface area contributed by atoms with Gasteiger partial charge in [0.05, 0.1) is 22.3 Å². The molecule has 1 aromatic carbocycles.